The summed E-state index contributed by atoms with van der Waals surface area (Å²) in [6.45, 7) is 1.94. The first kappa shape index (κ1) is 21.2. The van der Waals surface area contributed by atoms with Crippen LogP contribution in [0.2, 0.25) is 5.02 Å². The van der Waals surface area contributed by atoms with Crippen molar-refractivity contribution in [3.63, 3.8) is 0 Å². The smallest absolute Gasteiger partial charge is 0.258 e. The van der Waals surface area contributed by atoms with Crippen molar-refractivity contribution in [3.8, 4) is 5.75 Å². The molecule has 160 valence electrons. The van der Waals surface area contributed by atoms with Gasteiger partial charge in [-0.1, -0.05) is 23.5 Å². The van der Waals surface area contributed by atoms with Crippen LogP contribution in [0.1, 0.15) is 32.6 Å². The van der Waals surface area contributed by atoms with Crippen LogP contribution in [0, 0.1) is 17.7 Å². The third kappa shape index (κ3) is 4.99. The van der Waals surface area contributed by atoms with Crippen LogP contribution in [0.3, 0.4) is 0 Å². The van der Waals surface area contributed by atoms with Gasteiger partial charge in [0.15, 0.2) is 6.61 Å². The first-order valence-corrected chi connectivity index (χ1v) is 11.4. The monoisotopic (exact) mass is 443 g/mol. The highest BCUT2D eigenvalue weighted by molar-refractivity contribution is 7.98. The van der Waals surface area contributed by atoms with Crippen LogP contribution in [0.5, 0.6) is 5.75 Å². The molecule has 1 amide bonds. The molecule has 3 saturated carbocycles. The van der Waals surface area contributed by atoms with E-state index >= 15 is 0 Å². The van der Waals surface area contributed by atoms with E-state index in [-0.39, 0.29) is 40.6 Å². The molecule has 1 heterocycles. The maximum atomic E-state index is 13.5. The summed E-state index contributed by atoms with van der Waals surface area (Å²) in [5.41, 5.74) is 0. The lowest BCUT2D eigenvalue weighted by Crippen LogP contribution is -2.61. The molecule has 1 saturated heterocycles. The van der Waals surface area contributed by atoms with Crippen molar-refractivity contribution < 1.29 is 19.0 Å². The van der Waals surface area contributed by atoms with Gasteiger partial charge in [-0.05, 0) is 56.6 Å². The van der Waals surface area contributed by atoms with Crippen LogP contribution in [-0.4, -0.2) is 47.2 Å². The molecule has 0 spiro atoms. The van der Waals surface area contributed by atoms with Gasteiger partial charge in [0.25, 0.3) is 5.91 Å². The van der Waals surface area contributed by atoms with Crippen molar-refractivity contribution in [1.29, 1.82) is 0 Å². The third-order valence-electron chi connectivity index (χ3n) is 6.21. The number of hydrogen-bond acceptors (Lipinski definition) is 6. The molecule has 1 aromatic carbocycles. The number of rotatable bonds is 7. The number of amides is 1. The molecule has 4 N–H and O–H groups in total. The number of carbonyl (C=O) groups is 1. The minimum Gasteiger partial charge on any atom is -0.484 e. The Morgan fingerprint density at radius 2 is 2.10 bits per heavy atom. The Kier molecular flexibility index (Phi) is 6.56. The van der Waals surface area contributed by atoms with E-state index in [4.69, 9.17) is 16.3 Å². The van der Waals surface area contributed by atoms with Gasteiger partial charge in [-0.2, -0.15) is 0 Å². The summed E-state index contributed by atoms with van der Waals surface area (Å²) in [4.78, 5) is 12.3. The van der Waals surface area contributed by atoms with E-state index in [1.165, 1.54) is 18.2 Å². The first-order valence-electron chi connectivity index (χ1n) is 10.1. The highest BCUT2D eigenvalue weighted by Gasteiger charge is 2.47. The van der Waals surface area contributed by atoms with Crippen molar-refractivity contribution in [3.05, 3.63) is 29.0 Å². The molecule has 1 aromatic rings. The average Bonchev–Trinajstić information content (AvgIpc) is 3.08. The van der Waals surface area contributed by atoms with E-state index in [0.29, 0.717) is 17.9 Å². The van der Waals surface area contributed by atoms with Crippen LogP contribution in [-0.2, 0) is 4.79 Å². The number of nitrogens with one attached hydrogen (secondary N) is 3. The summed E-state index contributed by atoms with van der Waals surface area (Å²) >= 11 is 7.25. The fraction of sp³-hybridized carbons (Fsp3) is 0.650. The fourth-order valence-electron chi connectivity index (χ4n) is 4.54. The quantitative estimate of drug-likeness (QED) is 0.383. The number of carbonyl (C=O) groups excluding carboxylic acids is 1. The predicted octanol–water partition coefficient (Wildman–Crippen LogP) is 2.45. The van der Waals surface area contributed by atoms with Gasteiger partial charge in [-0.15, -0.1) is 0 Å². The molecule has 4 fully saturated rings. The Bertz CT molecular complexity index is 752. The molecule has 29 heavy (non-hydrogen) atoms. The Morgan fingerprint density at radius 1 is 1.34 bits per heavy atom. The molecule has 0 aromatic heterocycles. The lowest BCUT2D eigenvalue weighted by atomic mass is 9.60. The Morgan fingerprint density at radius 3 is 2.79 bits per heavy atom. The zero-order valence-electron chi connectivity index (χ0n) is 16.2. The maximum absolute atomic E-state index is 13.5. The second kappa shape index (κ2) is 8.98. The molecule has 9 heteroatoms. The topological polar surface area (TPSA) is 82.6 Å². The molecule has 2 bridgehead atoms. The summed E-state index contributed by atoms with van der Waals surface area (Å²) in [5.74, 6) is 0.519. The fourth-order valence-corrected chi connectivity index (χ4v) is 5.75. The average molecular weight is 444 g/mol. The van der Waals surface area contributed by atoms with E-state index in [1.807, 2.05) is 0 Å². The molecular weight excluding hydrogens is 417 g/mol. The molecule has 6 nitrogen and oxygen atoms in total. The number of hydrogen-bond donors (Lipinski definition) is 4. The van der Waals surface area contributed by atoms with E-state index < -0.39 is 12.0 Å². The van der Waals surface area contributed by atoms with Crippen LogP contribution in [0.25, 0.3) is 0 Å². The van der Waals surface area contributed by atoms with Gasteiger partial charge in [0, 0.05) is 24.2 Å². The van der Waals surface area contributed by atoms with E-state index in [9.17, 15) is 14.3 Å². The molecule has 5 atom stereocenters. The molecule has 5 rings (SSSR count). The summed E-state index contributed by atoms with van der Waals surface area (Å²) in [6.07, 6.45) is 3.30. The largest absolute Gasteiger partial charge is 0.484 e. The normalized spacial score (nSPS) is 34.3. The zero-order chi connectivity index (χ0) is 20.5. The van der Waals surface area contributed by atoms with Crippen LogP contribution in [0.4, 0.5) is 4.39 Å². The molecule has 0 radical (unpaired) electrons. The van der Waals surface area contributed by atoms with Crippen molar-refractivity contribution >= 4 is 29.5 Å². The van der Waals surface area contributed by atoms with Gasteiger partial charge in [0.2, 0.25) is 0 Å². The molecule has 5 unspecified atom stereocenters. The third-order valence-corrected chi connectivity index (χ3v) is 7.81. The van der Waals surface area contributed by atoms with Crippen molar-refractivity contribution in [2.45, 2.75) is 62.2 Å². The van der Waals surface area contributed by atoms with E-state index in [1.54, 1.807) is 11.9 Å². The molecule has 3 aliphatic carbocycles. The minimum atomic E-state index is -0.574. The summed E-state index contributed by atoms with van der Waals surface area (Å²) in [7, 11) is 0. The summed E-state index contributed by atoms with van der Waals surface area (Å²) < 4.78 is 22.1. The second-order valence-corrected chi connectivity index (χ2v) is 9.88. The number of aliphatic hydroxyl groups excluding tert-OH is 1. The maximum Gasteiger partial charge on any atom is 0.258 e. The van der Waals surface area contributed by atoms with Crippen molar-refractivity contribution in [2.24, 2.45) is 11.8 Å². The van der Waals surface area contributed by atoms with Gasteiger partial charge < -0.3 is 15.2 Å². The highest BCUT2D eigenvalue weighted by Crippen LogP contribution is 2.46. The van der Waals surface area contributed by atoms with Gasteiger partial charge in [-0.25, -0.2) is 4.39 Å². The van der Waals surface area contributed by atoms with Gasteiger partial charge >= 0.3 is 0 Å². The SMILES string of the molecule is CC1CC(C(O)NC2CC(NC(=O)COc3ccc(Cl)c(F)c3)C3CC2C3)SN1. The van der Waals surface area contributed by atoms with Crippen LogP contribution in [0.15, 0.2) is 18.2 Å². The number of halogens is 2. The van der Waals surface area contributed by atoms with Crippen LogP contribution < -0.4 is 20.1 Å². The molecular formula is C20H27ClFN3O3S. The molecule has 4 aliphatic rings. The van der Waals surface area contributed by atoms with E-state index in [0.717, 1.165) is 25.7 Å². The number of aliphatic hydroxyl groups is 1. The van der Waals surface area contributed by atoms with E-state index in [2.05, 4.69) is 22.3 Å². The Hall–Kier alpha value is -1.06. The van der Waals surface area contributed by atoms with Crippen molar-refractivity contribution in [2.75, 3.05) is 6.61 Å². The number of ether oxygens (including phenoxy) is 1. The molecule has 1 aliphatic heterocycles. The first-order chi connectivity index (χ1) is 13.9. The lowest BCUT2D eigenvalue weighted by molar-refractivity contribution is -0.125. The predicted molar refractivity (Wildman–Crippen MR) is 111 cm³/mol. The zero-order valence-corrected chi connectivity index (χ0v) is 17.8. The number of benzene rings is 1. The van der Waals surface area contributed by atoms with Gasteiger partial charge in [-0.3, -0.25) is 14.8 Å². The minimum absolute atomic E-state index is 0.0190. The highest BCUT2D eigenvalue weighted by atomic mass is 35.5. The summed E-state index contributed by atoms with van der Waals surface area (Å²) in [5, 5.41) is 17.2. The van der Waals surface area contributed by atoms with Gasteiger partial charge in [0.05, 0.1) is 10.3 Å². The van der Waals surface area contributed by atoms with Crippen molar-refractivity contribution in [1.82, 2.24) is 15.4 Å². The van der Waals surface area contributed by atoms with Crippen LogP contribution >= 0.6 is 23.5 Å². The van der Waals surface area contributed by atoms with Gasteiger partial charge in [0.1, 0.15) is 17.8 Å². The number of fused-ring (bicyclic) bond motifs is 2. The Balaban J connectivity index is 1.25. The Labute approximate surface area is 179 Å². The second-order valence-electron chi connectivity index (χ2n) is 8.39. The lowest BCUT2D eigenvalue weighted by Gasteiger charge is -2.52. The standard InChI is InChI=1S/C20H27ClFN3O3S/c1-10-4-18(29-25-10)20(27)24-17-8-16(11-5-12(17)6-11)23-19(26)9-28-13-2-3-14(21)15(22)7-13/h2-3,7,10-12,16-18,20,24-25,27H,4-6,8-9H2,1H3,(H,23,26). The summed E-state index contributed by atoms with van der Waals surface area (Å²) in [6, 6.07) is 4.78.